The van der Waals surface area contributed by atoms with Gasteiger partial charge in [-0.2, -0.15) is 0 Å². The van der Waals surface area contributed by atoms with Gasteiger partial charge in [-0.25, -0.2) is 4.79 Å². The number of aryl methyl sites for hydroxylation is 1. The number of hydrogen-bond donors (Lipinski definition) is 1. The molecule has 1 aromatic rings. The van der Waals surface area contributed by atoms with Crippen LogP contribution in [0.2, 0.25) is 5.02 Å². The van der Waals surface area contributed by atoms with Crippen molar-refractivity contribution in [1.82, 2.24) is 9.80 Å². The molecule has 0 atom stereocenters. The Hall–Kier alpha value is -1.75. The molecule has 2 saturated heterocycles. The number of rotatable bonds is 1. The predicted molar refractivity (Wildman–Crippen MR) is 95.3 cm³/mol. The van der Waals surface area contributed by atoms with E-state index in [1.807, 2.05) is 35.9 Å². The molecule has 3 amide bonds. The quantitative estimate of drug-likeness (QED) is 0.843. The van der Waals surface area contributed by atoms with Crippen molar-refractivity contribution in [3.05, 3.63) is 28.8 Å². The van der Waals surface area contributed by atoms with Crippen molar-refractivity contribution in [3.63, 3.8) is 0 Å². The molecule has 24 heavy (non-hydrogen) atoms. The Labute approximate surface area is 147 Å². The van der Waals surface area contributed by atoms with E-state index in [1.54, 1.807) is 6.07 Å². The van der Waals surface area contributed by atoms with Gasteiger partial charge in [0.15, 0.2) is 0 Å². The molecule has 0 aliphatic carbocycles. The summed E-state index contributed by atoms with van der Waals surface area (Å²) in [6.45, 7) is 4.18. The van der Waals surface area contributed by atoms with E-state index < -0.39 is 0 Å². The SMILES string of the molecule is Cc1cccc(Cl)c1NC(=O)N1CCC2(CCC(=O)N(C)C2)CC1. The van der Waals surface area contributed by atoms with Crippen LogP contribution in [0.1, 0.15) is 31.2 Å². The first kappa shape index (κ1) is 17.1. The topological polar surface area (TPSA) is 52.7 Å². The minimum absolute atomic E-state index is 0.0960. The molecular weight excluding hydrogens is 326 g/mol. The van der Waals surface area contributed by atoms with Gasteiger partial charge < -0.3 is 15.1 Å². The number of nitrogens with zero attached hydrogens (tertiary/aromatic N) is 2. The smallest absolute Gasteiger partial charge is 0.321 e. The number of anilines is 1. The second kappa shape index (κ2) is 6.63. The fraction of sp³-hybridized carbons (Fsp3) is 0.556. The molecule has 0 unspecified atom stereocenters. The van der Waals surface area contributed by atoms with Gasteiger partial charge in [0.1, 0.15) is 0 Å². The van der Waals surface area contributed by atoms with Crippen LogP contribution in [0.5, 0.6) is 0 Å². The summed E-state index contributed by atoms with van der Waals surface area (Å²) in [6, 6.07) is 5.49. The van der Waals surface area contributed by atoms with Gasteiger partial charge in [0.25, 0.3) is 0 Å². The lowest BCUT2D eigenvalue weighted by Crippen LogP contribution is -2.51. The first-order valence-electron chi connectivity index (χ1n) is 8.45. The number of carbonyl (C=O) groups is 2. The fourth-order valence-electron chi connectivity index (χ4n) is 3.80. The summed E-state index contributed by atoms with van der Waals surface area (Å²) in [4.78, 5) is 27.9. The molecule has 0 bridgehead atoms. The number of urea groups is 1. The zero-order valence-corrected chi connectivity index (χ0v) is 15.0. The van der Waals surface area contributed by atoms with Crippen molar-refractivity contribution in [2.24, 2.45) is 5.41 Å². The minimum atomic E-state index is -0.0960. The van der Waals surface area contributed by atoms with Gasteiger partial charge in [0.2, 0.25) is 5.91 Å². The van der Waals surface area contributed by atoms with Crippen LogP contribution in [0.4, 0.5) is 10.5 Å². The number of likely N-dealkylation sites (tertiary alicyclic amines) is 2. The van der Waals surface area contributed by atoms with E-state index in [0.717, 1.165) is 44.5 Å². The molecule has 3 rings (SSSR count). The van der Waals surface area contributed by atoms with Gasteiger partial charge in [-0.05, 0) is 43.2 Å². The van der Waals surface area contributed by atoms with Crippen LogP contribution in [0.15, 0.2) is 18.2 Å². The van der Waals surface area contributed by atoms with Crippen LogP contribution in [-0.2, 0) is 4.79 Å². The number of piperidine rings is 2. The second-order valence-electron chi connectivity index (χ2n) is 7.10. The summed E-state index contributed by atoms with van der Waals surface area (Å²) in [5.41, 5.74) is 1.82. The third-order valence-electron chi connectivity index (χ3n) is 5.43. The van der Waals surface area contributed by atoms with E-state index in [1.165, 1.54) is 0 Å². The number of amides is 3. The second-order valence-corrected chi connectivity index (χ2v) is 7.51. The highest BCUT2D eigenvalue weighted by Gasteiger charge is 2.40. The maximum Gasteiger partial charge on any atom is 0.321 e. The molecule has 130 valence electrons. The van der Waals surface area contributed by atoms with Crippen molar-refractivity contribution in [2.75, 3.05) is 32.0 Å². The standard InChI is InChI=1S/C18H24ClN3O2/c1-13-4-3-5-14(19)16(13)20-17(24)22-10-8-18(9-11-22)7-6-15(23)21(2)12-18/h3-5H,6-12H2,1-2H3,(H,20,24). The van der Waals surface area contributed by atoms with Crippen molar-refractivity contribution in [1.29, 1.82) is 0 Å². The Morgan fingerprint density at radius 1 is 1.25 bits per heavy atom. The Kier molecular flexibility index (Phi) is 4.72. The van der Waals surface area contributed by atoms with Crippen molar-refractivity contribution in [2.45, 2.75) is 32.6 Å². The molecule has 1 spiro atoms. The highest BCUT2D eigenvalue weighted by Crippen LogP contribution is 2.40. The Bertz CT molecular complexity index is 633. The molecule has 2 aliphatic heterocycles. The van der Waals surface area contributed by atoms with Crippen LogP contribution < -0.4 is 5.32 Å². The van der Waals surface area contributed by atoms with E-state index in [-0.39, 0.29) is 17.4 Å². The number of carbonyl (C=O) groups excluding carboxylic acids is 2. The lowest BCUT2D eigenvalue weighted by molar-refractivity contribution is -0.137. The first-order valence-corrected chi connectivity index (χ1v) is 8.83. The van der Waals surface area contributed by atoms with Crippen LogP contribution in [-0.4, -0.2) is 48.4 Å². The zero-order valence-electron chi connectivity index (χ0n) is 14.3. The average Bonchev–Trinajstić information content (AvgIpc) is 2.56. The highest BCUT2D eigenvalue weighted by atomic mass is 35.5. The number of halogens is 1. The minimum Gasteiger partial charge on any atom is -0.345 e. The van der Waals surface area contributed by atoms with Crippen molar-refractivity contribution < 1.29 is 9.59 Å². The lowest BCUT2D eigenvalue weighted by Gasteiger charge is -2.46. The van der Waals surface area contributed by atoms with Gasteiger partial charge in [0, 0.05) is 33.1 Å². The summed E-state index contributed by atoms with van der Waals surface area (Å²) < 4.78 is 0. The molecule has 1 N–H and O–H groups in total. The van der Waals surface area contributed by atoms with E-state index >= 15 is 0 Å². The Morgan fingerprint density at radius 3 is 2.58 bits per heavy atom. The van der Waals surface area contributed by atoms with E-state index in [0.29, 0.717) is 17.1 Å². The molecule has 0 aromatic heterocycles. The summed E-state index contributed by atoms with van der Waals surface area (Å²) >= 11 is 6.19. The van der Waals surface area contributed by atoms with Crippen LogP contribution >= 0.6 is 11.6 Å². The molecule has 0 saturated carbocycles. The van der Waals surface area contributed by atoms with Gasteiger partial charge in [0.05, 0.1) is 10.7 Å². The fourth-order valence-corrected chi connectivity index (χ4v) is 4.07. The summed E-state index contributed by atoms with van der Waals surface area (Å²) in [7, 11) is 1.88. The average molecular weight is 350 g/mol. The zero-order chi connectivity index (χ0) is 17.3. The maximum absolute atomic E-state index is 12.6. The Balaban J connectivity index is 1.60. The number of nitrogens with one attached hydrogen (secondary N) is 1. The van der Waals surface area contributed by atoms with E-state index in [9.17, 15) is 9.59 Å². The van der Waals surface area contributed by atoms with E-state index in [4.69, 9.17) is 11.6 Å². The van der Waals surface area contributed by atoms with Gasteiger partial charge in [-0.3, -0.25) is 4.79 Å². The van der Waals surface area contributed by atoms with Gasteiger partial charge >= 0.3 is 6.03 Å². The van der Waals surface area contributed by atoms with Gasteiger partial charge in [-0.15, -0.1) is 0 Å². The summed E-state index contributed by atoms with van der Waals surface area (Å²) in [6.07, 6.45) is 3.45. The number of benzene rings is 1. The largest absolute Gasteiger partial charge is 0.345 e. The summed E-state index contributed by atoms with van der Waals surface area (Å²) in [5.74, 6) is 0.231. The predicted octanol–water partition coefficient (Wildman–Crippen LogP) is 3.51. The summed E-state index contributed by atoms with van der Waals surface area (Å²) in [5, 5.41) is 3.51. The number of para-hydroxylation sites is 1. The number of hydrogen-bond acceptors (Lipinski definition) is 2. The maximum atomic E-state index is 12.6. The van der Waals surface area contributed by atoms with Crippen LogP contribution in [0, 0.1) is 12.3 Å². The van der Waals surface area contributed by atoms with Crippen molar-refractivity contribution >= 4 is 29.2 Å². The third kappa shape index (κ3) is 3.36. The highest BCUT2D eigenvalue weighted by molar-refractivity contribution is 6.33. The molecule has 2 aliphatic rings. The lowest BCUT2D eigenvalue weighted by atomic mass is 9.72. The molecular formula is C18H24ClN3O2. The normalized spacial score (nSPS) is 20.4. The molecule has 2 fully saturated rings. The van der Waals surface area contributed by atoms with Crippen LogP contribution in [0.25, 0.3) is 0 Å². The van der Waals surface area contributed by atoms with E-state index in [2.05, 4.69) is 5.32 Å². The first-order chi connectivity index (χ1) is 11.4. The molecule has 6 heteroatoms. The molecule has 2 heterocycles. The van der Waals surface area contributed by atoms with Crippen LogP contribution in [0.3, 0.4) is 0 Å². The molecule has 0 radical (unpaired) electrons. The Morgan fingerprint density at radius 2 is 1.96 bits per heavy atom. The molecule has 1 aromatic carbocycles. The third-order valence-corrected chi connectivity index (χ3v) is 5.75. The van der Waals surface area contributed by atoms with Gasteiger partial charge in [-0.1, -0.05) is 23.7 Å². The molecule has 5 nitrogen and oxygen atoms in total. The van der Waals surface area contributed by atoms with Crippen molar-refractivity contribution in [3.8, 4) is 0 Å². The monoisotopic (exact) mass is 349 g/mol.